The molecule has 1 aromatic carbocycles. The second kappa shape index (κ2) is 11.5. The molecule has 1 saturated carbocycles. The molecule has 10 nitrogen and oxygen atoms in total. The first-order chi connectivity index (χ1) is 17.4. The van der Waals surface area contributed by atoms with Gasteiger partial charge in [-0.05, 0) is 70.2 Å². The number of aromatic nitrogens is 2. The van der Waals surface area contributed by atoms with Gasteiger partial charge in [-0.15, -0.1) is 0 Å². The summed E-state index contributed by atoms with van der Waals surface area (Å²) in [4.78, 5) is 46.6. The van der Waals surface area contributed by atoms with E-state index in [-0.39, 0.29) is 31.0 Å². The average Bonchev–Trinajstić information content (AvgIpc) is 3.65. The highest BCUT2D eigenvalue weighted by molar-refractivity contribution is 5.96. The molecule has 0 bridgehead atoms. The summed E-state index contributed by atoms with van der Waals surface area (Å²) in [6.45, 7) is 7.14. The molecular formula is C26H35FN6O4. The van der Waals surface area contributed by atoms with E-state index in [1.807, 2.05) is 6.92 Å². The van der Waals surface area contributed by atoms with Crippen molar-refractivity contribution in [2.75, 3.05) is 25.5 Å². The van der Waals surface area contributed by atoms with Crippen LogP contribution in [-0.4, -0.2) is 58.5 Å². The van der Waals surface area contributed by atoms with Gasteiger partial charge >= 0.3 is 6.09 Å². The van der Waals surface area contributed by atoms with E-state index < -0.39 is 29.3 Å². The quantitative estimate of drug-likeness (QED) is 0.441. The van der Waals surface area contributed by atoms with Gasteiger partial charge in [-0.2, -0.15) is 0 Å². The monoisotopic (exact) mass is 514 g/mol. The standard InChI is InChI=1S/C26H35FN6O4/c1-6-19-21(15-7-8-15)32-24(22(31-19)23(28)35)30-17-9-10-18(27)16(13-17)11-12-29-20(34)14-33(5)25(36)37-26(2,3)4/h9-10,13,15H,6-8,11-12,14H2,1-5H3,(H2,28,35)(H,29,34)(H,30,32). The van der Waals surface area contributed by atoms with Crippen LogP contribution < -0.4 is 16.4 Å². The van der Waals surface area contributed by atoms with Crippen LogP contribution >= 0.6 is 0 Å². The summed E-state index contributed by atoms with van der Waals surface area (Å²) in [5.74, 6) is -0.970. The van der Waals surface area contributed by atoms with Gasteiger partial charge in [-0.3, -0.25) is 9.59 Å². The third-order valence-corrected chi connectivity index (χ3v) is 5.64. The first-order valence-corrected chi connectivity index (χ1v) is 12.3. The minimum atomic E-state index is -0.701. The number of primary amides is 1. The van der Waals surface area contributed by atoms with Crippen molar-refractivity contribution in [3.8, 4) is 0 Å². The summed E-state index contributed by atoms with van der Waals surface area (Å²) in [7, 11) is 1.47. The highest BCUT2D eigenvalue weighted by atomic mass is 19.1. The topological polar surface area (TPSA) is 140 Å². The van der Waals surface area contributed by atoms with Crippen LogP contribution in [0.15, 0.2) is 18.2 Å². The first kappa shape index (κ1) is 27.8. The molecule has 200 valence electrons. The van der Waals surface area contributed by atoms with Crippen molar-refractivity contribution in [3.63, 3.8) is 0 Å². The van der Waals surface area contributed by atoms with E-state index in [2.05, 4.69) is 20.6 Å². The molecule has 0 saturated heterocycles. The van der Waals surface area contributed by atoms with Crippen molar-refractivity contribution in [2.45, 2.75) is 64.9 Å². The van der Waals surface area contributed by atoms with E-state index in [9.17, 15) is 18.8 Å². The van der Waals surface area contributed by atoms with E-state index in [4.69, 9.17) is 10.5 Å². The second-order valence-corrected chi connectivity index (χ2v) is 10.1. The van der Waals surface area contributed by atoms with Crippen molar-refractivity contribution in [3.05, 3.63) is 46.7 Å². The van der Waals surface area contributed by atoms with Crippen LogP contribution in [0.4, 0.5) is 20.7 Å². The van der Waals surface area contributed by atoms with Gasteiger partial charge in [0.15, 0.2) is 11.5 Å². The average molecular weight is 515 g/mol. The Balaban J connectivity index is 1.64. The van der Waals surface area contributed by atoms with E-state index >= 15 is 0 Å². The molecule has 3 rings (SSSR count). The van der Waals surface area contributed by atoms with Gasteiger partial charge in [-0.25, -0.2) is 19.2 Å². The summed E-state index contributed by atoms with van der Waals surface area (Å²) in [6.07, 6.45) is 2.29. The lowest BCUT2D eigenvalue weighted by Crippen LogP contribution is -2.41. The Hall–Kier alpha value is -3.76. The molecule has 2 aromatic rings. The Labute approximate surface area is 216 Å². The predicted molar refractivity (Wildman–Crippen MR) is 137 cm³/mol. The fourth-order valence-electron chi connectivity index (χ4n) is 3.68. The van der Waals surface area contributed by atoms with Gasteiger partial charge in [-0.1, -0.05) is 6.92 Å². The molecule has 0 atom stereocenters. The largest absolute Gasteiger partial charge is 0.444 e. The van der Waals surface area contributed by atoms with E-state index in [1.54, 1.807) is 26.8 Å². The van der Waals surface area contributed by atoms with Crippen molar-refractivity contribution in [2.24, 2.45) is 5.73 Å². The molecule has 1 aliphatic rings. The lowest BCUT2D eigenvalue weighted by atomic mass is 10.1. The Morgan fingerprint density at radius 3 is 2.51 bits per heavy atom. The number of anilines is 2. The summed E-state index contributed by atoms with van der Waals surface area (Å²) in [5, 5.41) is 5.75. The highest BCUT2D eigenvalue weighted by Gasteiger charge is 2.30. The minimum Gasteiger partial charge on any atom is -0.444 e. The highest BCUT2D eigenvalue weighted by Crippen LogP contribution is 2.41. The zero-order valence-corrected chi connectivity index (χ0v) is 22.0. The molecule has 0 aliphatic heterocycles. The van der Waals surface area contributed by atoms with Crippen LogP contribution in [0.5, 0.6) is 0 Å². The fourth-order valence-corrected chi connectivity index (χ4v) is 3.68. The normalized spacial score (nSPS) is 13.1. The molecule has 1 heterocycles. The fraction of sp³-hybridized carbons (Fsp3) is 0.500. The van der Waals surface area contributed by atoms with Crippen molar-refractivity contribution in [1.29, 1.82) is 0 Å². The number of amides is 3. The van der Waals surface area contributed by atoms with Crippen LogP contribution in [-0.2, 0) is 22.4 Å². The molecule has 1 aliphatic carbocycles. The summed E-state index contributed by atoms with van der Waals surface area (Å²) in [6, 6.07) is 4.42. The van der Waals surface area contributed by atoms with Gasteiger partial charge in [0.25, 0.3) is 5.91 Å². The zero-order chi connectivity index (χ0) is 27.3. The number of halogens is 1. The van der Waals surface area contributed by atoms with Crippen LogP contribution in [0.1, 0.15) is 73.9 Å². The number of likely N-dealkylation sites (N-methyl/N-ethyl adjacent to an activating group) is 1. The molecule has 0 unspecified atom stereocenters. The number of ether oxygens (including phenoxy) is 1. The lowest BCUT2D eigenvalue weighted by molar-refractivity contribution is -0.121. The van der Waals surface area contributed by atoms with Gasteiger partial charge in [0.2, 0.25) is 5.91 Å². The molecule has 0 spiro atoms. The summed E-state index contributed by atoms with van der Waals surface area (Å²) in [5.41, 5.74) is 7.40. The van der Waals surface area contributed by atoms with Gasteiger partial charge < -0.3 is 26.0 Å². The number of hydrogen-bond acceptors (Lipinski definition) is 7. The van der Waals surface area contributed by atoms with E-state index in [0.717, 1.165) is 24.2 Å². The number of rotatable bonds is 10. The zero-order valence-electron chi connectivity index (χ0n) is 22.0. The van der Waals surface area contributed by atoms with Gasteiger partial charge in [0.05, 0.1) is 11.4 Å². The number of nitrogens with one attached hydrogen (secondary N) is 2. The van der Waals surface area contributed by atoms with Crippen LogP contribution in [0.3, 0.4) is 0 Å². The molecule has 3 amide bonds. The third kappa shape index (κ3) is 7.86. The molecule has 4 N–H and O–H groups in total. The Kier molecular flexibility index (Phi) is 8.67. The minimum absolute atomic E-state index is 0.0356. The molecule has 37 heavy (non-hydrogen) atoms. The third-order valence-electron chi connectivity index (χ3n) is 5.64. The number of carbonyl (C=O) groups excluding carboxylic acids is 3. The maximum atomic E-state index is 14.5. The van der Waals surface area contributed by atoms with Crippen LogP contribution in [0.2, 0.25) is 0 Å². The SMILES string of the molecule is CCc1nc(C(N)=O)c(Nc2ccc(F)c(CCNC(=O)CN(C)C(=O)OC(C)(C)C)c2)nc1C1CC1. The predicted octanol–water partition coefficient (Wildman–Crippen LogP) is 3.42. The molecular weight excluding hydrogens is 479 g/mol. The van der Waals surface area contributed by atoms with Crippen molar-refractivity contribution in [1.82, 2.24) is 20.2 Å². The number of benzene rings is 1. The summed E-state index contributed by atoms with van der Waals surface area (Å²) >= 11 is 0. The first-order valence-electron chi connectivity index (χ1n) is 12.3. The molecule has 11 heteroatoms. The molecule has 0 radical (unpaired) electrons. The number of carbonyl (C=O) groups is 3. The van der Waals surface area contributed by atoms with Gasteiger partial charge in [0.1, 0.15) is 18.0 Å². The van der Waals surface area contributed by atoms with Crippen molar-refractivity contribution >= 4 is 29.4 Å². The van der Waals surface area contributed by atoms with E-state index in [0.29, 0.717) is 23.6 Å². The lowest BCUT2D eigenvalue weighted by Gasteiger charge is -2.24. The number of nitrogens with two attached hydrogens (primary N) is 1. The smallest absolute Gasteiger partial charge is 0.410 e. The number of aryl methyl sites for hydroxylation is 1. The summed E-state index contributed by atoms with van der Waals surface area (Å²) < 4.78 is 19.7. The maximum Gasteiger partial charge on any atom is 0.410 e. The van der Waals surface area contributed by atoms with E-state index in [1.165, 1.54) is 24.1 Å². The molecule has 1 fully saturated rings. The number of hydrogen-bond donors (Lipinski definition) is 3. The number of nitrogens with zero attached hydrogens (tertiary/aromatic N) is 3. The Bertz CT molecular complexity index is 1180. The second-order valence-electron chi connectivity index (χ2n) is 10.1. The Morgan fingerprint density at radius 2 is 1.92 bits per heavy atom. The Morgan fingerprint density at radius 1 is 1.22 bits per heavy atom. The van der Waals surface area contributed by atoms with Crippen LogP contribution in [0.25, 0.3) is 0 Å². The van der Waals surface area contributed by atoms with Crippen molar-refractivity contribution < 1.29 is 23.5 Å². The van der Waals surface area contributed by atoms with Crippen LogP contribution in [0, 0.1) is 5.82 Å². The maximum absolute atomic E-state index is 14.5. The molecule has 1 aromatic heterocycles. The van der Waals surface area contributed by atoms with Gasteiger partial charge in [0, 0.05) is 25.2 Å².